The van der Waals surface area contributed by atoms with Crippen molar-refractivity contribution in [1.82, 2.24) is 9.80 Å². The predicted molar refractivity (Wildman–Crippen MR) is 101 cm³/mol. The number of benzene rings is 1. The lowest BCUT2D eigenvalue weighted by Crippen LogP contribution is -2.39. The van der Waals surface area contributed by atoms with Gasteiger partial charge in [0.2, 0.25) is 5.91 Å². The minimum absolute atomic E-state index is 0.272. The van der Waals surface area contributed by atoms with Crippen LogP contribution in [0.5, 0.6) is 0 Å². The molecule has 26 heavy (non-hydrogen) atoms. The van der Waals surface area contributed by atoms with Crippen LogP contribution in [0.15, 0.2) is 24.3 Å². The highest BCUT2D eigenvalue weighted by atomic mass is 16.4. The molecular formula is C21H30N2O3. The zero-order valence-electron chi connectivity index (χ0n) is 15.5. The van der Waals surface area contributed by atoms with E-state index in [0.29, 0.717) is 17.9 Å². The Morgan fingerprint density at radius 2 is 1.73 bits per heavy atom. The quantitative estimate of drug-likeness (QED) is 0.847. The van der Waals surface area contributed by atoms with Crippen molar-refractivity contribution in [2.75, 3.05) is 32.7 Å². The first kappa shape index (κ1) is 18.9. The molecule has 2 saturated heterocycles. The van der Waals surface area contributed by atoms with Crippen LogP contribution in [0, 0.1) is 0 Å². The van der Waals surface area contributed by atoms with Gasteiger partial charge in [0.15, 0.2) is 0 Å². The summed E-state index contributed by atoms with van der Waals surface area (Å²) in [7, 11) is 0. The fourth-order valence-electron chi connectivity index (χ4n) is 4.17. The van der Waals surface area contributed by atoms with Gasteiger partial charge in [0.05, 0.1) is 5.56 Å². The zero-order valence-corrected chi connectivity index (χ0v) is 15.5. The van der Waals surface area contributed by atoms with E-state index in [1.807, 2.05) is 17.0 Å². The van der Waals surface area contributed by atoms with Crippen molar-refractivity contribution in [3.63, 3.8) is 0 Å². The Labute approximate surface area is 156 Å². The van der Waals surface area contributed by atoms with Crippen molar-refractivity contribution in [3.05, 3.63) is 35.4 Å². The van der Waals surface area contributed by atoms with Crippen LogP contribution in [0.25, 0.3) is 0 Å². The third kappa shape index (κ3) is 5.07. The Hall–Kier alpha value is -1.88. The van der Waals surface area contributed by atoms with Gasteiger partial charge >= 0.3 is 5.97 Å². The second-order valence-electron chi connectivity index (χ2n) is 7.61. The van der Waals surface area contributed by atoms with Gasteiger partial charge in [0, 0.05) is 25.4 Å². The van der Waals surface area contributed by atoms with Crippen LogP contribution in [0.4, 0.5) is 0 Å². The molecule has 2 aliphatic rings. The molecule has 1 amide bonds. The second kappa shape index (κ2) is 9.17. The van der Waals surface area contributed by atoms with Crippen LogP contribution >= 0.6 is 0 Å². The van der Waals surface area contributed by atoms with Crippen molar-refractivity contribution in [1.29, 1.82) is 0 Å². The zero-order chi connectivity index (χ0) is 18.4. The summed E-state index contributed by atoms with van der Waals surface area (Å²) in [6, 6.07) is 7.13. The van der Waals surface area contributed by atoms with E-state index < -0.39 is 5.97 Å². The first-order chi connectivity index (χ1) is 12.6. The van der Waals surface area contributed by atoms with Crippen molar-refractivity contribution in [2.24, 2.45) is 0 Å². The van der Waals surface area contributed by atoms with E-state index in [1.54, 1.807) is 12.1 Å². The fraction of sp³-hybridized carbons (Fsp3) is 0.619. The van der Waals surface area contributed by atoms with Gasteiger partial charge in [-0.05, 0) is 69.4 Å². The lowest BCUT2D eigenvalue weighted by atomic mass is 9.90. The largest absolute Gasteiger partial charge is 0.478 e. The number of hydrogen-bond donors (Lipinski definition) is 1. The molecule has 3 rings (SSSR count). The van der Waals surface area contributed by atoms with E-state index in [2.05, 4.69) is 4.90 Å². The molecule has 5 nitrogen and oxygen atoms in total. The number of hydrogen-bond acceptors (Lipinski definition) is 3. The third-order valence-electron chi connectivity index (χ3n) is 5.72. The number of carbonyl (C=O) groups is 2. The van der Waals surface area contributed by atoms with Gasteiger partial charge in [-0.1, -0.05) is 18.6 Å². The summed E-state index contributed by atoms with van der Waals surface area (Å²) in [6.45, 7) is 5.03. The van der Waals surface area contributed by atoms with Gasteiger partial charge in [0.1, 0.15) is 0 Å². The Morgan fingerprint density at radius 1 is 1.00 bits per heavy atom. The van der Waals surface area contributed by atoms with E-state index in [0.717, 1.165) is 44.5 Å². The van der Waals surface area contributed by atoms with Crippen LogP contribution in [0.1, 0.15) is 66.8 Å². The summed E-state index contributed by atoms with van der Waals surface area (Å²) in [5.41, 5.74) is 1.45. The van der Waals surface area contributed by atoms with Crippen molar-refractivity contribution in [2.45, 2.75) is 50.9 Å². The van der Waals surface area contributed by atoms with Crippen LogP contribution in [0.2, 0.25) is 0 Å². The summed E-state index contributed by atoms with van der Waals surface area (Å²) < 4.78 is 0. The number of likely N-dealkylation sites (tertiary alicyclic amines) is 2. The van der Waals surface area contributed by atoms with Crippen LogP contribution in [0.3, 0.4) is 0 Å². The SMILES string of the molecule is O=C(O)c1ccc([C@@H]2CCCN(C(=O)CCCN3CCCCC3)C2)cc1. The monoisotopic (exact) mass is 358 g/mol. The van der Waals surface area contributed by atoms with Gasteiger partial charge in [-0.3, -0.25) is 4.79 Å². The molecule has 2 fully saturated rings. The standard InChI is InChI=1S/C21H30N2O3/c24-20(7-5-14-22-12-2-1-3-13-22)23-15-4-6-19(16-23)17-8-10-18(11-9-17)21(25)26/h8-11,19H,1-7,12-16H2,(H,25,26)/t19-/m1/s1. The molecule has 0 aromatic heterocycles. The highest BCUT2D eigenvalue weighted by Gasteiger charge is 2.24. The molecule has 2 aliphatic heterocycles. The second-order valence-corrected chi connectivity index (χ2v) is 7.61. The molecule has 1 aromatic carbocycles. The normalized spacial score (nSPS) is 21.5. The van der Waals surface area contributed by atoms with Crippen molar-refractivity contribution in [3.8, 4) is 0 Å². The number of nitrogens with zero attached hydrogens (tertiary/aromatic N) is 2. The molecule has 0 saturated carbocycles. The molecule has 0 aliphatic carbocycles. The number of piperidine rings is 2. The smallest absolute Gasteiger partial charge is 0.335 e. The van der Waals surface area contributed by atoms with E-state index >= 15 is 0 Å². The first-order valence-electron chi connectivity index (χ1n) is 9.97. The van der Waals surface area contributed by atoms with Gasteiger partial charge in [-0.15, -0.1) is 0 Å². The van der Waals surface area contributed by atoms with Crippen molar-refractivity contribution < 1.29 is 14.7 Å². The molecule has 0 spiro atoms. The summed E-state index contributed by atoms with van der Waals surface area (Å²) in [5, 5.41) is 9.02. The van der Waals surface area contributed by atoms with E-state index in [1.165, 1.54) is 32.4 Å². The Balaban J connectivity index is 1.47. The number of rotatable bonds is 6. The highest BCUT2D eigenvalue weighted by Crippen LogP contribution is 2.27. The van der Waals surface area contributed by atoms with E-state index in [4.69, 9.17) is 5.11 Å². The number of aromatic carboxylic acids is 1. The average Bonchev–Trinajstić information content (AvgIpc) is 2.69. The number of carbonyl (C=O) groups excluding carboxylic acids is 1. The molecule has 5 heteroatoms. The summed E-state index contributed by atoms with van der Waals surface area (Å²) >= 11 is 0. The minimum Gasteiger partial charge on any atom is -0.478 e. The fourth-order valence-corrected chi connectivity index (χ4v) is 4.17. The molecule has 0 bridgehead atoms. The van der Waals surface area contributed by atoms with E-state index in [-0.39, 0.29) is 5.91 Å². The predicted octanol–water partition coefficient (Wildman–Crippen LogP) is 3.36. The Bertz CT molecular complexity index is 608. The topological polar surface area (TPSA) is 60.9 Å². The van der Waals surface area contributed by atoms with Gasteiger partial charge in [-0.25, -0.2) is 4.79 Å². The molecule has 2 heterocycles. The van der Waals surface area contributed by atoms with Crippen LogP contribution < -0.4 is 0 Å². The summed E-state index contributed by atoms with van der Waals surface area (Å²) in [5.74, 6) is -0.308. The molecular weight excluding hydrogens is 328 g/mol. The number of carboxylic acids is 1. The first-order valence-corrected chi connectivity index (χ1v) is 9.97. The number of amides is 1. The summed E-state index contributed by atoms with van der Waals surface area (Å²) in [6.07, 6.45) is 7.60. The van der Waals surface area contributed by atoms with Crippen molar-refractivity contribution >= 4 is 11.9 Å². The highest BCUT2D eigenvalue weighted by molar-refractivity contribution is 5.87. The molecule has 1 aromatic rings. The van der Waals surface area contributed by atoms with Gasteiger partial charge < -0.3 is 14.9 Å². The molecule has 1 atom stereocenters. The molecule has 0 unspecified atom stereocenters. The Kier molecular flexibility index (Phi) is 6.67. The van der Waals surface area contributed by atoms with E-state index in [9.17, 15) is 9.59 Å². The molecule has 1 N–H and O–H groups in total. The van der Waals surface area contributed by atoms with Crippen LogP contribution in [-0.2, 0) is 4.79 Å². The average molecular weight is 358 g/mol. The lowest BCUT2D eigenvalue weighted by Gasteiger charge is -2.33. The Morgan fingerprint density at radius 3 is 2.42 bits per heavy atom. The maximum atomic E-state index is 12.6. The lowest BCUT2D eigenvalue weighted by molar-refractivity contribution is -0.132. The molecule has 142 valence electrons. The number of carboxylic acid groups (broad SMARTS) is 1. The van der Waals surface area contributed by atoms with Gasteiger partial charge in [-0.2, -0.15) is 0 Å². The summed E-state index contributed by atoms with van der Waals surface area (Å²) in [4.78, 5) is 28.1. The van der Waals surface area contributed by atoms with Crippen LogP contribution in [-0.4, -0.2) is 59.5 Å². The minimum atomic E-state index is -0.897. The third-order valence-corrected chi connectivity index (χ3v) is 5.72. The maximum absolute atomic E-state index is 12.6. The maximum Gasteiger partial charge on any atom is 0.335 e. The van der Waals surface area contributed by atoms with Gasteiger partial charge in [0.25, 0.3) is 0 Å². The molecule has 0 radical (unpaired) electrons.